The van der Waals surface area contributed by atoms with E-state index in [0.29, 0.717) is 42.0 Å². The largest absolute Gasteiger partial charge is 0.486 e. The monoisotopic (exact) mass is 433 g/mol. The van der Waals surface area contributed by atoms with Crippen LogP contribution in [0.15, 0.2) is 36.4 Å². The first-order valence-electron chi connectivity index (χ1n) is 9.25. The molecule has 0 aliphatic carbocycles. The number of likely N-dealkylation sites (N-methyl/N-ethyl adjacent to an activating group) is 1. The Morgan fingerprint density at radius 3 is 2.59 bits per heavy atom. The minimum Gasteiger partial charge on any atom is -0.486 e. The average Bonchev–Trinajstić information content (AvgIpc) is 3.10. The van der Waals surface area contributed by atoms with Gasteiger partial charge in [-0.1, -0.05) is 17.4 Å². The Hall–Kier alpha value is -2.35. The second kappa shape index (κ2) is 8.98. The van der Waals surface area contributed by atoms with Crippen LogP contribution < -0.4 is 14.4 Å². The van der Waals surface area contributed by atoms with E-state index in [-0.39, 0.29) is 18.3 Å². The van der Waals surface area contributed by atoms with Crippen molar-refractivity contribution < 1.29 is 14.3 Å². The van der Waals surface area contributed by atoms with Gasteiger partial charge in [0.2, 0.25) is 0 Å². The van der Waals surface area contributed by atoms with Gasteiger partial charge in [0.05, 0.1) is 10.2 Å². The number of aromatic nitrogens is 1. The highest BCUT2D eigenvalue weighted by atomic mass is 35.5. The fourth-order valence-corrected chi connectivity index (χ4v) is 4.14. The van der Waals surface area contributed by atoms with Gasteiger partial charge < -0.3 is 14.4 Å². The number of nitrogens with zero attached hydrogens (tertiary/aromatic N) is 3. The molecule has 0 saturated heterocycles. The minimum absolute atomic E-state index is 0. The standard InChI is InChI=1S/C21H23N3O3S.ClH/c1-14-4-6-16-19(12-14)28-21(22-16)24(9-8-23(2)3)20(25)15-5-7-17-18(13-15)27-11-10-26-17;/h4-7,12-13H,8-11H2,1-3H3;1H. The summed E-state index contributed by atoms with van der Waals surface area (Å²) in [6.45, 7) is 4.37. The molecule has 6 nitrogen and oxygen atoms in total. The molecule has 29 heavy (non-hydrogen) atoms. The summed E-state index contributed by atoms with van der Waals surface area (Å²) >= 11 is 1.54. The molecule has 0 radical (unpaired) electrons. The number of fused-ring (bicyclic) bond motifs is 2. The number of aryl methyl sites for hydroxylation is 1. The molecule has 0 N–H and O–H groups in total. The number of amides is 1. The molecule has 1 aliphatic rings. The van der Waals surface area contributed by atoms with Crippen LogP contribution >= 0.6 is 23.7 Å². The molecule has 2 aromatic carbocycles. The lowest BCUT2D eigenvalue weighted by atomic mass is 10.1. The highest BCUT2D eigenvalue weighted by molar-refractivity contribution is 7.22. The van der Waals surface area contributed by atoms with Crippen molar-refractivity contribution in [2.24, 2.45) is 0 Å². The lowest BCUT2D eigenvalue weighted by molar-refractivity contribution is 0.0984. The number of anilines is 1. The number of rotatable bonds is 5. The first-order valence-corrected chi connectivity index (χ1v) is 10.1. The maximum atomic E-state index is 13.4. The van der Waals surface area contributed by atoms with Crippen molar-refractivity contribution in [3.8, 4) is 11.5 Å². The van der Waals surface area contributed by atoms with Crippen molar-refractivity contribution in [1.29, 1.82) is 0 Å². The number of carbonyl (C=O) groups is 1. The number of halogens is 1. The molecule has 0 saturated carbocycles. The second-order valence-corrected chi connectivity index (χ2v) is 8.10. The van der Waals surface area contributed by atoms with Gasteiger partial charge >= 0.3 is 0 Å². The molecular formula is C21H24ClN3O3S. The molecule has 4 rings (SSSR count). The summed E-state index contributed by atoms with van der Waals surface area (Å²) in [5, 5.41) is 0.710. The first-order chi connectivity index (χ1) is 13.5. The van der Waals surface area contributed by atoms with Gasteiger partial charge in [0.1, 0.15) is 13.2 Å². The Bertz CT molecular complexity index is 1020. The quantitative estimate of drug-likeness (QED) is 0.608. The Balaban J connectivity index is 0.00000240. The zero-order valence-corrected chi connectivity index (χ0v) is 18.3. The van der Waals surface area contributed by atoms with Gasteiger partial charge in [-0.2, -0.15) is 0 Å². The Morgan fingerprint density at radius 2 is 1.83 bits per heavy atom. The van der Waals surface area contributed by atoms with E-state index < -0.39 is 0 Å². The third-order valence-corrected chi connectivity index (χ3v) is 5.61. The van der Waals surface area contributed by atoms with Crippen LogP contribution in [-0.2, 0) is 0 Å². The number of thiazole rings is 1. The molecular weight excluding hydrogens is 410 g/mol. The average molecular weight is 434 g/mol. The predicted molar refractivity (Wildman–Crippen MR) is 119 cm³/mol. The van der Waals surface area contributed by atoms with Crippen molar-refractivity contribution in [2.45, 2.75) is 6.92 Å². The highest BCUT2D eigenvalue weighted by Gasteiger charge is 2.23. The second-order valence-electron chi connectivity index (χ2n) is 7.09. The molecule has 154 valence electrons. The van der Waals surface area contributed by atoms with E-state index in [1.54, 1.807) is 34.4 Å². The number of carbonyl (C=O) groups excluding carboxylic acids is 1. The summed E-state index contributed by atoms with van der Waals surface area (Å²) in [5.74, 6) is 1.21. The Kier molecular flexibility index (Phi) is 6.62. The SMILES string of the molecule is Cc1ccc2nc(N(CCN(C)C)C(=O)c3ccc4c(c3)OCCO4)sc2c1.Cl. The molecule has 1 aromatic heterocycles. The molecule has 1 amide bonds. The summed E-state index contributed by atoms with van der Waals surface area (Å²) < 4.78 is 12.3. The van der Waals surface area contributed by atoms with Gasteiger partial charge in [-0.15, -0.1) is 12.4 Å². The molecule has 1 aliphatic heterocycles. The van der Waals surface area contributed by atoms with E-state index in [0.717, 1.165) is 16.8 Å². The molecule has 0 bridgehead atoms. The lowest BCUT2D eigenvalue weighted by Gasteiger charge is -2.23. The van der Waals surface area contributed by atoms with Gasteiger partial charge in [0, 0.05) is 18.7 Å². The highest BCUT2D eigenvalue weighted by Crippen LogP contribution is 2.33. The summed E-state index contributed by atoms with van der Waals surface area (Å²) in [6.07, 6.45) is 0. The van der Waals surface area contributed by atoms with Crippen LogP contribution in [0, 0.1) is 6.92 Å². The van der Waals surface area contributed by atoms with Crippen molar-refractivity contribution in [3.05, 3.63) is 47.5 Å². The van der Waals surface area contributed by atoms with E-state index in [9.17, 15) is 4.79 Å². The maximum Gasteiger partial charge on any atom is 0.260 e. The van der Waals surface area contributed by atoms with Crippen LogP contribution in [0.25, 0.3) is 10.2 Å². The van der Waals surface area contributed by atoms with Gasteiger partial charge in [-0.3, -0.25) is 9.69 Å². The summed E-state index contributed by atoms with van der Waals surface area (Å²) in [6, 6.07) is 11.5. The Labute approximate surface area is 180 Å². The summed E-state index contributed by atoms with van der Waals surface area (Å²) in [5.41, 5.74) is 2.66. The number of benzene rings is 2. The Morgan fingerprint density at radius 1 is 1.07 bits per heavy atom. The molecule has 0 atom stereocenters. The van der Waals surface area contributed by atoms with Gasteiger partial charge in [-0.05, 0) is 56.9 Å². The van der Waals surface area contributed by atoms with Gasteiger partial charge in [0.15, 0.2) is 16.6 Å². The molecule has 0 spiro atoms. The first kappa shape index (κ1) is 21.4. The zero-order chi connectivity index (χ0) is 19.7. The zero-order valence-electron chi connectivity index (χ0n) is 16.7. The van der Waals surface area contributed by atoms with E-state index in [4.69, 9.17) is 14.5 Å². The third kappa shape index (κ3) is 4.63. The molecule has 2 heterocycles. The van der Waals surface area contributed by atoms with Crippen LogP contribution in [-0.4, -0.2) is 56.2 Å². The van der Waals surface area contributed by atoms with Crippen LogP contribution in [0.2, 0.25) is 0 Å². The number of hydrogen-bond acceptors (Lipinski definition) is 6. The predicted octanol–water partition coefficient (Wildman–Crippen LogP) is 4.01. The third-order valence-electron chi connectivity index (χ3n) is 4.57. The smallest absolute Gasteiger partial charge is 0.260 e. The van der Waals surface area contributed by atoms with Crippen molar-refractivity contribution in [2.75, 3.05) is 45.3 Å². The van der Waals surface area contributed by atoms with Crippen LogP contribution in [0.4, 0.5) is 5.13 Å². The van der Waals surface area contributed by atoms with Crippen LogP contribution in [0.3, 0.4) is 0 Å². The molecule has 3 aromatic rings. The fraction of sp³-hybridized carbons (Fsp3) is 0.333. The lowest BCUT2D eigenvalue weighted by Crippen LogP contribution is -2.36. The van der Waals surface area contributed by atoms with Crippen molar-refractivity contribution in [1.82, 2.24) is 9.88 Å². The summed E-state index contributed by atoms with van der Waals surface area (Å²) in [7, 11) is 3.99. The van der Waals surface area contributed by atoms with Crippen molar-refractivity contribution in [3.63, 3.8) is 0 Å². The normalized spacial score (nSPS) is 12.7. The summed E-state index contributed by atoms with van der Waals surface area (Å²) in [4.78, 5) is 21.9. The fourth-order valence-electron chi connectivity index (χ4n) is 3.05. The number of hydrogen-bond donors (Lipinski definition) is 0. The minimum atomic E-state index is -0.0883. The van der Waals surface area contributed by atoms with E-state index in [2.05, 4.69) is 17.9 Å². The van der Waals surface area contributed by atoms with E-state index in [1.165, 1.54) is 5.56 Å². The van der Waals surface area contributed by atoms with Crippen LogP contribution in [0.5, 0.6) is 11.5 Å². The maximum absolute atomic E-state index is 13.4. The van der Waals surface area contributed by atoms with Crippen molar-refractivity contribution >= 4 is 45.0 Å². The molecule has 0 unspecified atom stereocenters. The van der Waals surface area contributed by atoms with Crippen LogP contribution in [0.1, 0.15) is 15.9 Å². The molecule has 0 fully saturated rings. The number of ether oxygens (including phenoxy) is 2. The van der Waals surface area contributed by atoms with E-state index >= 15 is 0 Å². The van der Waals surface area contributed by atoms with Gasteiger partial charge in [0.25, 0.3) is 5.91 Å². The molecule has 8 heteroatoms. The van der Waals surface area contributed by atoms with E-state index in [1.807, 2.05) is 26.2 Å². The van der Waals surface area contributed by atoms with Gasteiger partial charge in [-0.25, -0.2) is 4.98 Å². The topological polar surface area (TPSA) is 54.9 Å².